The molecule has 0 saturated heterocycles. The molecule has 6 heteroatoms. The second-order valence-corrected chi connectivity index (χ2v) is 4.66. The van der Waals surface area contributed by atoms with Crippen LogP contribution in [0, 0.1) is 11.8 Å². The summed E-state index contributed by atoms with van der Waals surface area (Å²) in [5.74, 6) is 5.72. The predicted molar refractivity (Wildman–Crippen MR) is 84.8 cm³/mol. The Hall–Kier alpha value is -3.46. The maximum Gasteiger partial charge on any atom is 0.252 e. The Morgan fingerprint density at radius 1 is 1.13 bits per heavy atom. The highest BCUT2D eigenvalue weighted by molar-refractivity contribution is 5.94. The van der Waals surface area contributed by atoms with E-state index in [9.17, 15) is 4.79 Å². The van der Waals surface area contributed by atoms with Gasteiger partial charge in [0.05, 0.1) is 12.2 Å². The van der Waals surface area contributed by atoms with Crippen LogP contribution in [0.25, 0.3) is 5.69 Å². The lowest BCUT2D eigenvalue weighted by Crippen LogP contribution is -2.23. The lowest BCUT2D eigenvalue weighted by molar-refractivity contribution is 0.0958. The monoisotopic (exact) mass is 303 g/mol. The number of nitrogens with one attached hydrogen (secondary N) is 1. The molecular formula is C17H13N5O. The summed E-state index contributed by atoms with van der Waals surface area (Å²) in [7, 11) is 0. The Kier molecular flexibility index (Phi) is 4.41. The molecule has 112 valence electrons. The van der Waals surface area contributed by atoms with Crippen LogP contribution in [-0.2, 0) is 0 Å². The minimum atomic E-state index is -0.192. The number of rotatable bonds is 3. The third kappa shape index (κ3) is 3.80. The molecule has 23 heavy (non-hydrogen) atoms. The van der Waals surface area contributed by atoms with Crippen molar-refractivity contribution in [1.29, 1.82) is 0 Å². The van der Waals surface area contributed by atoms with E-state index in [0.717, 1.165) is 11.3 Å². The van der Waals surface area contributed by atoms with Crippen molar-refractivity contribution in [2.75, 3.05) is 6.54 Å². The summed E-state index contributed by atoms with van der Waals surface area (Å²) in [5.41, 5.74) is 2.17. The highest BCUT2D eigenvalue weighted by Gasteiger charge is 2.06. The van der Waals surface area contributed by atoms with E-state index in [1.165, 1.54) is 11.0 Å². The average Bonchev–Trinajstić information content (AvgIpc) is 3.14. The molecule has 0 spiro atoms. The zero-order valence-corrected chi connectivity index (χ0v) is 12.2. The van der Waals surface area contributed by atoms with Crippen molar-refractivity contribution in [3.05, 3.63) is 72.1 Å². The van der Waals surface area contributed by atoms with Crippen molar-refractivity contribution < 1.29 is 4.79 Å². The highest BCUT2D eigenvalue weighted by atomic mass is 16.1. The molecule has 0 atom stereocenters. The normalized spacial score (nSPS) is 9.74. The Balaban J connectivity index is 1.63. The lowest BCUT2D eigenvalue weighted by atomic mass is 10.2. The molecule has 1 N–H and O–H groups in total. The van der Waals surface area contributed by atoms with Gasteiger partial charge in [-0.2, -0.15) is 0 Å². The number of carbonyl (C=O) groups is 1. The first-order valence-corrected chi connectivity index (χ1v) is 6.98. The molecule has 1 aromatic heterocycles. The molecule has 0 radical (unpaired) electrons. The topological polar surface area (TPSA) is 72.7 Å². The molecule has 0 saturated carbocycles. The molecule has 0 fully saturated rings. The van der Waals surface area contributed by atoms with Crippen LogP contribution in [0.4, 0.5) is 0 Å². The van der Waals surface area contributed by atoms with Gasteiger partial charge in [-0.3, -0.25) is 4.79 Å². The quantitative estimate of drug-likeness (QED) is 0.743. The van der Waals surface area contributed by atoms with Crippen LogP contribution in [0.15, 0.2) is 60.9 Å². The van der Waals surface area contributed by atoms with Crippen molar-refractivity contribution in [3.8, 4) is 17.5 Å². The van der Waals surface area contributed by atoms with Gasteiger partial charge in [0, 0.05) is 11.1 Å². The third-order valence-corrected chi connectivity index (χ3v) is 3.07. The molecule has 1 amide bonds. The minimum absolute atomic E-state index is 0.192. The lowest BCUT2D eigenvalue weighted by Gasteiger charge is -2.04. The van der Waals surface area contributed by atoms with Gasteiger partial charge in [0.15, 0.2) is 0 Å². The number of amides is 1. The fraction of sp³-hybridized carbons (Fsp3) is 0.0588. The maximum absolute atomic E-state index is 12.1. The summed E-state index contributed by atoms with van der Waals surface area (Å²) >= 11 is 0. The summed E-state index contributed by atoms with van der Waals surface area (Å²) in [6.45, 7) is 0.281. The van der Waals surface area contributed by atoms with Crippen LogP contribution in [-0.4, -0.2) is 32.7 Å². The first kappa shape index (κ1) is 14.5. The summed E-state index contributed by atoms with van der Waals surface area (Å²) in [5, 5.41) is 13.7. The largest absolute Gasteiger partial charge is 0.341 e. The Bertz CT molecular complexity index is 847. The van der Waals surface area contributed by atoms with Crippen molar-refractivity contribution in [1.82, 2.24) is 25.5 Å². The van der Waals surface area contributed by atoms with E-state index in [4.69, 9.17) is 0 Å². The van der Waals surface area contributed by atoms with Gasteiger partial charge in [-0.1, -0.05) is 36.1 Å². The second-order valence-electron chi connectivity index (χ2n) is 4.66. The van der Waals surface area contributed by atoms with E-state index in [0.29, 0.717) is 5.56 Å². The smallest absolute Gasteiger partial charge is 0.252 e. The zero-order valence-electron chi connectivity index (χ0n) is 12.2. The first-order valence-electron chi connectivity index (χ1n) is 6.98. The van der Waals surface area contributed by atoms with Crippen molar-refractivity contribution in [2.24, 2.45) is 0 Å². The highest BCUT2D eigenvalue weighted by Crippen LogP contribution is 2.08. The van der Waals surface area contributed by atoms with E-state index in [-0.39, 0.29) is 12.5 Å². The number of aromatic nitrogens is 4. The van der Waals surface area contributed by atoms with Crippen molar-refractivity contribution in [2.45, 2.75) is 0 Å². The van der Waals surface area contributed by atoms with Gasteiger partial charge < -0.3 is 5.32 Å². The van der Waals surface area contributed by atoms with Crippen LogP contribution in [0.2, 0.25) is 0 Å². The number of hydrogen-bond acceptors (Lipinski definition) is 4. The molecule has 0 aliphatic rings. The Morgan fingerprint density at radius 2 is 2.00 bits per heavy atom. The maximum atomic E-state index is 12.1. The van der Waals surface area contributed by atoms with Crippen LogP contribution < -0.4 is 5.32 Å². The van der Waals surface area contributed by atoms with Crippen LogP contribution in [0.1, 0.15) is 15.9 Å². The molecule has 3 rings (SSSR count). The Morgan fingerprint density at radius 3 is 2.78 bits per heavy atom. The zero-order chi connectivity index (χ0) is 15.9. The standard InChI is InChI=1S/C17H13N5O/c23-17(18-11-5-8-14-6-2-1-3-7-14)15-9-4-10-16(12-15)22-13-19-20-21-22/h1-4,6-7,9-10,12-13H,11H2,(H,18,23). The Labute approximate surface area is 133 Å². The molecular weight excluding hydrogens is 290 g/mol. The summed E-state index contributed by atoms with van der Waals surface area (Å²) < 4.78 is 1.49. The molecule has 0 unspecified atom stereocenters. The van der Waals surface area contributed by atoms with E-state index in [1.54, 1.807) is 18.2 Å². The van der Waals surface area contributed by atoms with Gasteiger partial charge in [0.25, 0.3) is 5.91 Å². The molecule has 2 aromatic carbocycles. The minimum Gasteiger partial charge on any atom is -0.341 e. The van der Waals surface area contributed by atoms with Crippen LogP contribution >= 0.6 is 0 Å². The van der Waals surface area contributed by atoms with Crippen LogP contribution in [0.5, 0.6) is 0 Å². The molecule has 6 nitrogen and oxygen atoms in total. The molecule has 1 heterocycles. The average molecular weight is 303 g/mol. The van der Waals surface area contributed by atoms with Crippen molar-refractivity contribution in [3.63, 3.8) is 0 Å². The van der Waals surface area contributed by atoms with Gasteiger partial charge in [-0.05, 0) is 40.8 Å². The fourth-order valence-electron chi connectivity index (χ4n) is 1.96. The fourth-order valence-corrected chi connectivity index (χ4v) is 1.96. The van der Waals surface area contributed by atoms with Gasteiger partial charge in [0.2, 0.25) is 0 Å². The van der Waals surface area contributed by atoms with Crippen molar-refractivity contribution >= 4 is 5.91 Å². The van der Waals surface area contributed by atoms with Gasteiger partial charge in [0.1, 0.15) is 6.33 Å². The summed E-state index contributed by atoms with van der Waals surface area (Å²) in [6, 6.07) is 16.7. The predicted octanol–water partition coefficient (Wildman–Crippen LogP) is 1.44. The van der Waals surface area contributed by atoms with E-state index in [1.807, 2.05) is 36.4 Å². The van der Waals surface area contributed by atoms with E-state index < -0.39 is 0 Å². The number of hydrogen-bond donors (Lipinski definition) is 1. The SMILES string of the molecule is O=C(NCC#Cc1ccccc1)c1cccc(-n2cnnn2)c1. The second kappa shape index (κ2) is 7.00. The number of carbonyl (C=O) groups excluding carboxylic acids is 1. The van der Waals surface area contributed by atoms with Crippen LogP contribution in [0.3, 0.4) is 0 Å². The number of nitrogens with zero attached hydrogens (tertiary/aromatic N) is 4. The molecule has 0 aliphatic heterocycles. The molecule has 3 aromatic rings. The first-order chi connectivity index (χ1) is 11.3. The number of benzene rings is 2. The summed E-state index contributed by atoms with van der Waals surface area (Å²) in [6.07, 6.45) is 1.47. The van der Waals surface area contributed by atoms with E-state index >= 15 is 0 Å². The summed E-state index contributed by atoms with van der Waals surface area (Å²) in [4.78, 5) is 12.1. The van der Waals surface area contributed by atoms with Gasteiger partial charge >= 0.3 is 0 Å². The molecule has 0 aliphatic carbocycles. The van der Waals surface area contributed by atoms with Gasteiger partial charge in [-0.25, -0.2) is 4.68 Å². The number of tetrazole rings is 1. The van der Waals surface area contributed by atoms with Gasteiger partial charge in [-0.15, -0.1) is 5.10 Å². The molecule has 0 bridgehead atoms. The van der Waals surface area contributed by atoms with E-state index in [2.05, 4.69) is 32.7 Å². The third-order valence-electron chi connectivity index (χ3n) is 3.07.